The van der Waals surface area contributed by atoms with Gasteiger partial charge in [0.15, 0.2) is 0 Å². The average Bonchev–Trinajstić information content (AvgIpc) is 3.26. The highest BCUT2D eigenvalue weighted by Gasteiger charge is 2.04. The molecule has 0 unspecified atom stereocenters. The fourth-order valence-corrected chi connectivity index (χ4v) is 9.17. The summed E-state index contributed by atoms with van der Waals surface area (Å²) in [6, 6.07) is 9.40. The Morgan fingerprint density at radius 2 is 0.459 bits per heavy atom. The standard InChI is InChI=1S/C57H104O4/c58-56(59)53-49-44-42-40-38-36-34-32-30-28-26-24-22-20-18-16-14-12-10-8-6-4-2-1-3-5-7-9-11-13-15-17-19-21-23-25-27-29-31-33-35-37-39-41-43-45-50-54-57(60)61-55-51-47-46-48-52-55/h46-48,51-52H,1-45,49-50,53-54H2,(H,58,59). The molecule has 4 nitrogen and oxygen atoms in total. The van der Waals surface area contributed by atoms with Crippen LogP contribution in [0.5, 0.6) is 5.75 Å². The monoisotopic (exact) mass is 853 g/mol. The molecule has 0 aromatic heterocycles. The minimum atomic E-state index is -0.649. The molecule has 61 heavy (non-hydrogen) atoms. The van der Waals surface area contributed by atoms with Crippen molar-refractivity contribution in [2.24, 2.45) is 0 Å². The van der Waals surface area contributed by atoms with E-state index in [9.17, 15) is 9.59 Å². The lowest BCUT2D eigenvalue weighted by Gasteiger charge is -2.05. The third-order valence-electron chi connectivity index (χ3n) is 13.2. The fraction of sp³-hybridized carbons (Fsp3) is 0.860. The zero-order chi connectivity index (χ0) is 43.6. The molecule has 0 heterocycles. The molecular formula is C57H104O4. The molecule has 0 amide bonds. The number of hydrogen-bond donors (Lipinski definition) is 1. The number of carboxylic acids is 1. The predicted octanol–water partition coefficient (Wildman–Crippen LogP) is 19.8. The van der Waals surface area contributed by atoms with Crippen LogP contribution in [-0.2, 0) is 9.59 Å². The first-order chi connectivity index (χ1) is 30.2. The van der Waals surface area contributed by atoms with E-state index in [-0.39, 0.29) is 5.97 Å². The number of esters is 1. The number of carboxylic acid groups (broad SMARTS) is 1. The number of rotatable bonds is 51. The molecule has 4 heteroatoms. The lowest BCUT2D eigenvalue weighted by atomic mass is 10.0. The summed E-state index contributed by atoms with van der Waals surface area (Å²) in [5.41, 5.74) is 0. The van der Waals surface area contributed by atoms with Crippen molar-refractivity contribution in [2.75, 3.05) is 0 Å². The molecule has 0 aliphatic rings. The Hall–Kier alpha value is -1.84. The average molecular weight is 853 g/mol. The van der Waals surface area contributed by atoms with Gasteiger partial charge in [0.2, 0.25) is 0 Å². The number of aliphatic carboxylic acids is 1. The molecule has 0 fully saturated rings. The van der Waals surface area contributed by atoms with Crippen molar-refractivity contribution in [3.63, 3.8) is 0 Å². The Labute approximate surface area is 380 Å². The molecule has 1 N–H and O–H groups in total. The minimum Gasteiger partial charge on any atom is -0.481 e. The summed E-state index contributed by atoms with van der Waals surface area (Å²) >= 11 is 0. The lowest BCUT2D eigenvalue weighted by Crippen LogP contribution is -2.07. The summed E-state index contributed by atoms with van der Waals surface area (Å²) in [5, 5.41) is 8.67. The first-order valence-electron chi connectivity index (χ1n) is 27.7. The molecule has 0 radical (unpaired) electrons. The van der Waals surface area contributed by atoms with E-state index < -0.39 is 5.97 Å². The van der Waals surface area contributed by atoms with Crippen molar-refractivity contribution in [3.05, 3.63) is 30.3 Å². The van der Waals surface area contributed by atoms with Gasteiger partial charge < -0.3 is 9.84 Å². The second-order valence-electron chi connectivity index (χ2n) is 19.3. The molecule has 0 aliphatic heterocycles. The van der Waals surface area contributed by atoms with Crippen LogP contribution in [-0.4, -0.2) is 17.0 Å². The molecule has 0 saturated heterocycles. The van der Waals surface area contributed by atoms with Gasteiger partial charge in [0.25, 0.3) is 0 Å². The highest BCUT2D eigenvalue weighted by molar-refractivity contribution is 5.72. The van der Waals surface area contributed by atoms with Crippen LogP contribution in [0.15, 0.2) is 30.3 Å². The number of carbonyl (C=O) groups is 2. The minimum absolute atomic E-state index is 0.102. The molecule has 1 aromatic rings. The van der Waals surface area contributed by atoms with E-state index >= 15 is 0 Å². The summed E-state index contributed by atoms with van der Waals surface area (Å²) in [4.78, 5) is 22.4. The molecule has 1 rings (SSSR count). The van der Waals surface area contributed by atoms with Crippen LogP contribution in [0.2, 0.25) is 0 Å². The van der Waals surface area contributed by atoms with E-state index in [2.05, 4.69) is 0 Å². The SMILES string of the molecule is O=C(O)CCCCCCCCCCCCCCCCCCCCCCCCCCCCCCCCCCCCCCCCCCCCCCCCCC(=O)Oc1ccccc1. The second kappa shape index (κ2) is 49.2. The van der Waals surface area contributed by atoms with Gasteiger partial charge in [-0.2, -0.15) is 0 Å². The van der Waals surface area contributed by atoms with E-state index in [1.165, 1.54) is 276 Å². The molecule has 0 bridgehead atoms. The number of hydrogen-bond acceptors (Lipinski definition) is 3. The predicted molar refractivity (Wildman–Crippen MR) is 266 cm³/mol. The topological polar surface area (TPSA) is 63.6 Å². The molecule has 0 spiro atoms. The zero-order valence-electron chi connectivity index (χ0n) is 40.7. The van der Waals surface area contributed by atoms with Crippen LogP contribution in [0.25, 0.3) is 0 Å². The number of para-hydroxylation sites is 1. The van der Waals surface area contributed by atoms with E-state index in [0.29, 0.717) is 18.6 Å². The third-order valence-corrected chi connectivity index (χ3v) is 13.2. The van der Waals surface area contributed by atoms with Crippen LogP contribution in [0.3, 0.4) is 0 Å². The Morgan fingerprint density at radius 3 is 0.656 bits per heavy atom. The second-order valence-corrected chi connectivity index (χ2v) is 19.3. The lowest BCUT2D eigenvalue weighted by molar-refractivity contribution is -0.137. The largest absolute Gasteiger partial charge is 0.481 e. The smallest absolute Gasteiger partial charge is 0.311 e. The van der Waals surface area contributed by atoms with Gasteiger partial charge in [-0.1, -0.05) is 307 Å². The van der Waals surface area contributed by atoms with Crippen molar-refractivity contribution in [3.8, 4) is 5.75 Å². The fourth-order valence-electron chi connectivity index (χ4n) is 9.17. The summed E-state index contributed by atoms with van der Waals surface area (Å²) in [5.74, 6) is -0.0968. The third kappa shape index (κ3) is 47.5. The Balaban J connectivity index is 1.61. The molecular weight excluding hydrogens is 749 g/mol. The Bertz CT molecular complexity index is 1010. The number of benzene rings is 1. The van der Waals surface area contributed by atoms with Crippen molar-refractivity contribution in [2.45, 2.75) is 315 Å². The summed E-state index contributed by atoms with van der Waals surface area (Å²) in [7, 11) is 0. The van der Waals surface area contributed by atoms with Gasteiger partial charge in [-0.05, 0) is 25.0 Å². The highest BCUT2D eigenvalue weighted by Crippen LogP contribution is 2.19. The first kappa shape index (κ1) is 57.2. The van der Waals surface area contributed by atoms with Crippen LogP contribution in [0, 0.1) is 0 Å². The van der Waals surface area contributed by atoms with Crippen LogP contribution >= 0.6 is 0 Å². The Morgan fingerprint density at radius 1 is 0.279 bits per heavy atom. The molecule has 0 aliphatic carbocycles. The maximum Gasteiger partial charge on any atom is 0.311 e. The zero-order valence-corrected chi connectivity index (χ0v) is 40.7. The maximum atomic E-state index is 11.9. The van der Waals surface area contributed by atoms with Gasteiger partial charge in [-0.25, -0.2) is 0 Å². The quantitative estimate of drug-likeness (QED) is 0.0403. The van der Waals surface area contributed by atoms with Crippen molar-refractivity contribution in [1.82, 2.24) is 0 Å². The van der Waals surface area contributed by atoms with Gasteiger partial charge >= 0.3 is 11.9 Å². The van der Waals surface area contributed by atoms with E-state index in [1.54, 1.807) is 0 Å². The van der Waals surface area contributed by atoms with Crippen molar-refractivity contribution in [1.29, 1.82) is 0 Å². The number of carbonyl (C=O) groups excluding carboxylic acids is 1. The summed E-state index contributed by atoms with van der Waals surface area (Å²) in [6.45, 7) is 0. The molecule has 356 valence electrons. The van der Waals surface area contributed by atoms with Crippen LogP contribution in [0.1, 0.15) is 315 Å². The van der Waals surface area contributed by atoms with Crippen molar-refractivity contribution >= 4 is 11.9 Å². The van der Waals surface area contributed by atoms with Gasteiger partial charge in [0.05, 0.1) is 0 Å². The first-order valence-corrected chi connectivity index (χ1v) is 27.7. The van der Waals surface area contributed by atoms with Gasteiger partial charge in [-0.15, -0.1) is 0 Å². The summed E-state index contributed by atoms with van der Waals surface area (Å²) in [6.07, 6.45) is 66.2. The summed E-state index contributed by atoms with van der Waals surface area (Å²) < 4.78 is 5.36. The van der Waals surface area contributed by atoms with E-state index in [1.807, 2.05) is 30.3 Å². The van der Waals surface area contributed by atoms with Crippen LogP contribution in [0.4, 0.5) is 0 Å². The van der Waals surface area contributed by atoms with Gasteiger partial charge in [-0.3, -0.25) is 9.59 Å². The number of unbranched alkanes of at least 4 members (excludes halogenated alkanes) is 46. The maximum absolute atomic E-state index is 11.9. The van der Waals surface area contributed by atoms with E-state index in [4.69, 9.17) is 9.84 Å². The van der Waals surface area contributed by atoms with E-state index in [0.717, 1.165) is 25.7 Å². The van der Waals surface area contributed by atoms with Gasteiger partial charge in [0, 0.05) is 12.8 Å². The molecule has 0 atom stereocenters. The number of ether oxygens (including phenoxy) is 1. The van der Waals surface area contributed by atoms with Crippen molar-refractivity contribution < 1.29 is 19.4 Å². The Kier molecular flexibility index (Phi) is 46.1. The molecule has 0 saturated carbocycles. The molecule has 1 aromatic carbocycles. The van der Waals surface area contributed by atoms with Gasteiger partial charge in [0.1, 0.15) is 5.75 Å². The highest BCUT2D eigenvalue weighted by atomic mass is 16.5. The van der Waals surface area contributed by atoms with Crippen LogP contribution < -0.4 is 4.74 Å². The normalized spacial score (nSPS) is 11.4.